The molecule has 0 unspecified atom stereocenters. The van der Waals surface area contributed by atoms with Gasteiger partial charge in [0.05, 0.1) is 18.9 Å². The van der Waals surface area contributed by atoms with E-state index in [-0.39, 0.29) is 5.91 Å². The maximum atomic E-state index is 12.2. The average molecular weight is 399 g/mol. The smallest absolute Gasteiger partial charge is 0.271 e. The van der Waals surface area contributed by atoms with Gasteiger partial charge in [-0.15, -0.1) is 10.2 Å². The standard InChI is InChI=1S/C22H17N5O3/c1-29-19-7-3-2-6-18(19)22-27-26-21(30-22)17-10-8-16(9-11-17)20(28)25-24-14-15-5-4-12-23-13-15/h2-14H,1H3,(H,25,28)/b24-14+. The van der Waals surface area contributed by atoms with E-state index in [0.717, 1.165) is 5.56 Å². The molecule has 148 valence electrons. The maximum Gasteiger partial charge on any atom is 0.271 e. The Labute approximate surface area is 172 Å². The molecule has 4 rings (SSSR count). The van der Waals surface area contributed by atoms with E-state index in [1.54, 1.807) is 49.8 Å². The minimum absolute atomic E-state index is 0.332. The van der Waals surface area contributed by atoms with Crippen LogP contribution < -0.4 is 10.2 Å². The zero-order valence-corrected chi connectivity index (χ0v) is 16.0. The van der Waals surface area contributed by atoms with Crippen LogP contribution in [0.4, 0.5) is 0 Å². The first-order valence-corrected chi connectivity index (χ1v) is 9.05. The number of aromatic nitrogens is 3. The molecule has 1 amide bonds. The van der Waals surface area contributed by atoms with Crippen LogP contribution in [0.25, 0.3) is 22.9 Å². The zero-order chi connectivity index (χ0) is 20.8. The molecule has 30 heavy (non-hydrogen) atoms. The SMILES string of the molecule is COc1ccccc1-c1nnc(-c2ccc(C(=O)N/N=C/c3cccnc3)cc2)o1. The average Bonchev–Trinajstić information content (AvgIpc) is 3.30. The molecular weight excluding hydrogens is 382 g/mol. The predicted octanol–water partition coefficient (Wildman–Crippen LogP) is 3.57. The Balaban J connectivity index is 1.45. The summed E-state index contributed by atoms with van der Waals surface area (Å²) in [5.74, 6) is 1.01. The maximum absolute atomic E-state index is 12.2. The van der Waals surface area contributed by atoms with E-state index in [1.807, 2.05) is 30.3 Å². The molecule has 8 nitrogen and oxygen atoms in total. The summed E-state index contributed by atoms with van der Waals surface area (Å²) >= 11 is 0. The first-order chi connectivity index (χ1) is 14.7. The van der Waals surface area contributed by atoms with Crippen molar-refractivity contribution in [2.24, 2.45) is 5.10 Å². The van der Waals surface area contributed by atoms with Gasteiger partial charge in [-0.25, -0.2) is 5.43 Å². The number of hydrogen-bond acceptors (Lipinski definition) is 7. The lowest BCUT2D eigenvalue weighted by atomic mass is 10.1. The van der Waals surface area contributed by atoms with Crippen molar-refractivity contribution in [3.8, 4) is 28.7 Å². The quantitative estimate of drug-likeness (QED) is 0.393. The fraction of sp³-hybridized carbons (Fsp3) is 0.0455. The molecule has 2 heterocycles. The summed E-state index contributed by atoms with van der Waals surface area (Å²) in [6.07, 6.45) is 4.84. The molecule has 0 aliphatic heterocycles. The van der Waals surface area contributed by atoms with Gasteiger partial charge in [0.1, 0.15) is 5.75 Å². The fourth-order valence-electron chi connectivity index (χ4n) is 2.72. The highest BCUT2D eigenvalue weighted by Gasteiger charge is 2.14. The van der Waals surface area contributed by atoms with Crippen molar-refractivity contribution in [3.63, 3.8) is 0 Å². The van der Waals surface area contributed by atoms with Gasteiger partial charge in [0.2, 0.25) is 5.89 Å². The lowest BCUT2D eigenvalue weighted by Gasteiger charge is -2.03. The predicted molar refractivity (Wildman–Crippen MR) is 111 cm³/mol. The van der Waals surface area contributed by atoms with Crippen LogP contribution in [0, 0.1) is 0 Å². The van der Waals surface area contributed by atoms with E-state index in [4.69, 9.17) is 9.15 Å². The minimum atomic E-state index is -0.332. The zero-order valence-electron chi connectivity index (χ0n) is 16.0. The van der Waals surface area contributed by atoms with Crippen molar-refractivity contribution in [1.29, 1.82) is 0 Å². The number of hydrogen-bond donors (Lipinski definition) is 1. The third-order valence-corrected chi connectivity index (χ3v) is 4.22. The molecule has 0 saturated heterocycles. The van der Waals surface area contributed by atoms with E-state index in [1.165, 1.54) is 6.21 Å². The van der Waals surface area contributed by atoms with Gasteiger partial charge in [-0.1, -0.05) is 18.2 Å². The van der Waals surface area contributed by atoms with E-state index >= 15 is 0 Å². The number of benzene rings is 2. The monoisotopic (exact) mass is 399 g/mol. The third kappa shape index (κ3) is 4.22. The number of pyridine rings is 1. The van der Waals surface area contributed by atoms with Crippen molar-refractivity contribution < 1.29 is 13.9 Å². The van der Waals surface area contributed by atoms with E-state index in [0.29, 0.717) is 34.2 Å². The van der Waals surface area contributed by atoms with Gasteiger partial charge < -0.3 is 9.15 Å². The number of nitrogens with one attached hydrogen (secondary N) is 1. The Kier molecular flexibility index (Phi) is 5.56. The normalized spacial score (nSPS) is 10.8. The molecule has 2 aromatic heterocycles. The van der Waals surface area contributed by atoms with Gasteiger partial charge in [0.15, 0.2) is 0 Å². The number of nitrogens with zero attached hydrogens (tertiary/aromatic N) is 4. The Hall–Kier alpha value is -4.33. The number of carbonyl (C=O) groups excluding carboxylic acids is 1. The summed E-state index contributed by atoms with van der Waals surface area (Å²) in [5.41, 5.74) is 5.12. The van der Waals surface area contributed by atoms with Crippen LogP contribution in [-0.4, -0.2) is 34.4 Å². The first kappa shape index (κ1) is 19.0. The summed E-state index contributed by atoms with van der Waals surface area (Å²) in [5, 5.41) is 12.1. The molecule has 0 aliphatic carbocycles. The molecule has 0 aliphatic rings. The van der Waals surface area contributed by atoms with Crippen molar-refractivity contribution in [2.45, 2.75) is 0 Å². The lowest BCUT2D eigenvalue weighted by Crippen LogP contribution is -2.17. The molecule has 0 spiro atoms. The topological polar surface area (TPSA) is 102 Å². The summed E-state index contributed by atoms with van der Waals surface area (Å²) in [4.78, 5) is 16.2. The largest absolute Gasteiger partial charge is 0.496 e. The Morgan fingerprint density at radius 2 is 1.83 bits per heavy atom. The number of para-hydroxylation sites is 1. The number of rotatable bonds is 6. The molecule has 2 aromatic carbocycles. The van der Waals surface area contributed by atoms with Gasteiger partial charge in [-0.2, -0.15) is 5.10 Å². The lowest BCUT2D eigenvalue weighted by molar-refractivity contribution is 0.0955. The summed E-state index contributed by atoms with van der Waals surface area (Å²) in [6, 6.07) is 17.8. The van der Waals surface area contributed by atoms with Crippen LogP contribution >= 0.6 is 0 Å². The Bertz CT molecular complexity index is 1170. The number of methoxy groups -OCH3 is 1. The molecule has 0 bridgehead atoms. The number of carbonyl (C=O) groups is 1. The molecule has 0 radical (unpaired) electrons. The second kappa shape index (κ2) is 8.78. The van der Waals surface area contributed by atoms with Crippen LogP contribution in [0.1, 0.15) is 15.9 Å². The van der Waals surface area contributed by atoms with Crippen LogP contribution in [0.3, 0.4) is 0 Å². The molecular formula is C22H17N5O3. The van der Waals surface area contributed by atoms with Gasteiger partial charge in [-0.3, -0.25) is 9.78 Å². The van der Waals surface area contributed by atoms with Crippen molar-refractivity contribution in [1.82, 2.24) is 20.6 Å². The van der Waals surface area contributed by atoms with Crippen molar-refractivity contribution in [3.05, 3.63) is 84.2 Å². The molecule has 8 heteroatoms. The highest BCUT2D eigenvalue weighted by molar-refractivity contribution is 5.95. The second-order valence-corrected chi connectivity index (χ2v) is 6.18. The summed E-state index contributed by atoms with van der Waals surface area (Å²) in [7, 11) is 1.58. The van der Waals surface area contributed by atoms with Crippen LogP contribution in [0.15, 0.2) is 82.6 Å². The second-order valence-electron chi connectivity index (χ2n) is 6.18. The Morgan fingerprint density at radius 1 is 1.03 bits per heavy atom. The summed E-state index contributed by atoms with van der Waals surface area (Å²) in [6.45, 7) is 0. The highest BCUT2D eigenvalue weighted by atomic mass is 16.5. The number of amides is 1. The fourth-order valence-corrected chi connectivity index (χ4v) is 2.72. The Morgan fingerprint density at radius 3 is 2.60 bits per heavy atom. The molecule has 0 fully saturated rings. The van der Waals surface area contributed by atoms with Gasteiger partial charge in [0.25, 0.3) is 11.8 Å². The third-order valence-electron chi connectivity index (χ3n) is 4.22. The molecule has 0 saturated carbocycles. The first-order valence-electron chi connectivity index (χ1n) is 9.05. The number of ether oxygens (including phenoxy) is 1. The van der Waals surface area contributed by atoms with Crippen LogP contribution in [-0.2, 0) is 0 Å². The van der Waals surface area contributed by atoms with Crippen LogP contribution in [0.5, 0.6) is 5.75 Å². The van der Waals surface area contributed by atoms with Crippen molar-refractivity contribution in [2.75, 3.05) is 7.11 Å². The summed E-state index contributed by atoms with van der Waals surface area (Å²) < 4.78 is 11.1. The van der Waals surface area contributed by atoms with Gasteiger partial charge in [-0.05, 0) is 42.5 Å². The van der Waals surface area contributed by atoms with Gasteiger partial charge >= 0.3 is 0 Å². The van der Waals surface area contributed by atoms with E-state index < -0.39 is 0 Å². The van der Waals surface area contributed by atoms with E-state index in [2.05, 4.69) is 25.7 Å². The van der Waals surface area contributed by atoms with Crippen LogP contribution in [0.2, 0.25) is 0 Å². The highest BCUT2D eigenvalue weighted by Crippen LogP contribution is 2.30. The van der Waals surface area contributed by atoms with Gasteiger partial charge in [0, 0.05) is 29.1 Å². The molecule has 0 atom stereocenters. The van der Waals surface area contributed by atoms with E-state index in [9.17, 15) is 4.79 Å². The van der Waals surface area contributed by atoms with Crippen molar-refractivity contribution >= 4 is 12.1 Å². The molecule has 4 aromatic rings. The number of hydrazone groups is 1. The minimum Gasteiger partial charge on any atom is -0.496 e. The molecule has 1 N–H and O–H groups in total.